The van der Waals surface area contributed by atoms with Gasteiger partial charge in [0.15, 0.2) is 0 Å². The van der Waals surface area contributed by atoms with Gasteiger partial charge < -0.3 is 10.2 Å². The minimum atomic E-state index is 0.261. The molecule has 1 saturated heterocycles. The number of hydrogen-bond donors (Lipinski definition) is 1. The molecule has 0 radical (unpaired) electrons. The van der Waals surface area contributed by atoms with Gasteiger partial charge in [-0.25, -0.2) is 0 Å². The Bertz CT molecular complexity index is 361. The Hall–Kier alpha value is -0.870. The highest BCUT2D eigenvalue weighted by molar-refractivity contribution is 5.80. The molecule has 1 amide bonds. The molecule has 0 spiro atoms. The van der Waals surface area contributed by atoms with Gasteiger partial charge in [0, 0.05) is 18.8 Å². The van der Waals surface area contributed by atoms with Crippen LogP contribution >= 0.6 is 0 Å². The molecule has 1 unspecified atom stereocenters. The lowest BCUT2D eigenvalue weighted by Gasteiger charge is -2.30. The third-order valence-corrected chi connectivity index (χ3v) is 4.60. The molecule has 1 fully saturated rings. The maximum atomic E-state index is 12.6. The van der Waals surface area contributed by atoms with Gasteiger partial charge in [0.1, 0.15) is 0 Å². The lowest BCUT2D eigenvalue weighted by molar-refractivity contribution is -0.130. The zero-order valence-corrected chi connectivity index (χ0v) is 13.7. The maximum Gasteiger partial charge on any atom is 0.240 e. The van der Waals surface area contributed by atoms with Crippen LogP contribution in [0.4, 0.5) is 0 Å². The topological polar surface area (TPSA) is 35.6 Å². The van der Waals surface area contributed by atoms with E-state index in [1.807, 2.05) is 4.90 Å². The Morgan fingerprint density at radius 3 is 2.86 bits per heavy atom. The predicted molar refractivity (Wildman–Crippen MR) is 87.0 cm³/mol. The summed E-state index contributed by atoms with van der Waals surface area (Å²) in [6.45, 7) is 6.69. The molecule has 0 saturated carbocycles. The Balaban J connectivity index is 1.81. The first kappa shape index (κ1) is 16.5. The van der Waals surface area contributed by atoms with Crippen molar-refractivity contribution < 1.29 is 4.79 Å². The molecule has 0 aromatic rings. The van der Waals surface area contributed by atoms with Crippen molar-refractivity contribution in [3.63, 3.8) is 0 Å². The molecule has 1 aliphatic carbocycles. The summed E-state index contributed by atoms with van der Waals surface area (Å²) < 4.78 is 0. The van der Waals surface area contributed by atoms with Crippen LogP contribution in [0.3, 0.4) is 0 Å². The molecule has 1 aliphatic heterocycles. The van der Waals surface area contributed by atoms with Gasteiger partial charge >= 0.3 is 0 Å². The Kier molecular flexibility index (Phi) is 6.71. The highest BCUT2D eigenvalue weighted by atomic mass is 16.2. The minimum absolute atomic E-state index is 0.261. The molecule has 2 aliphatic rings. The van der Waals surface area contributed by atoms with Gasteiger partial charge in [-0.3, -0.25) is 9.69 Å². The summed E-state index contributed by atoms with van der Waals surface area (Å²) in [6.07, 6.45) is 9.49. The highest BCUT2D eigenvalue weighted by Crippen LogP contribution is 2.21. The number of likely N-dealkylation sites (N-methyl/N-ethyl adjacent to an activating group) is 2. The van der Waals surface area contributed by atoms with E-state index in [0.717, 1.165) is 39.0 Å². The standard InChI is InChI=1S/C17H31N3O/c1-3-20(16-9-5-4-6-10-16)17(21)14-19(2)13-15-8-7-11-18-12-15/h9,15,18H,3-8,10-14H2,1-2H3. The molecule has 4 nitrogen and oxygen atoms in total. The third-order valence-electron chi connectivity index (χ3n) is 4.60. The summed E-state index contributed by atoms with van der Waals surface area (Å²) in [7, 11) is 2.08. The number of nitrogens with zero attached hydrogens (tertiary/aromatic N) is 2. The van der Waals surface area contributed by atoms with E-state index in [0.29, 0.717) is 12.5 Å². The normalized spacial score (nSPS) is 23.0. The van der Waals surface area contributed by atoms with Crippen LogP contribution in [-0.2, 0) is 4.79 Å². The number of piperidine rings is 1. The van der Waals surface area contributed by atoms with Crippen molar-refractivity contribution in [2.45, 2.75) is 45.4 Å². The molecule has 0 bridgehead atoms. The first-order valence-electron chi connectivity index (χ1n) is 8.59. The number of rotatable bonds is 6. The van der Waals surface area contributed by atoms with Gasteiger partial charge in [-0.2, -0.15) is 0 Å². The van der Waals surface area contributed by atoms with Crippen molar-refractivity contribution in [3.8, 4) is 0 Å². The Morgan fingerprint density at radius 2 is 2.24 bits per heavy atom. The van der Waals surface area contributed by atoms with E-state index in [-0.39, 0.29) is 5.91 Å². The second-order valence-corrected chi connectivity index (χ2v) is 6.49. The number of carbonyl (C=O) groups excluding carboxylic acids is 1. The third kappa shape index (κ3) is 5.11. The van der Waals surface area contributed by atoms with E-state index in [1.165, 1.54) is 31.4 Å². The molecule has 1 heterocycles. The van der Waals surface area contributed by atoms with Crippen LogP contribution in [0.1, 0.15) is 45.4 Å². The van der Waals surface area contributed by atoms with Crippen LogP contribution in [0.5, 0.6) is 0 Å². The van der Waals surface area contributed by atoms with Crippen LogP contribution in [0.25, 0.3) is 0 Å². The maximum absolute atomic E-state index is 12.6. The lowest BCUT2D eigenvalue weighted by Crippen LogP contribution is -2.42. The van der Waals surface area contributed by atoms with Crippen LogP contribution in [-0.4, -0.2) is 55.5 Å². The molecular weight excluding hydrogens is 262 g/mol. The van der Waals surface area contributed by atoms with Crippen molar-refractivity contribution in [1.82, 2.24) is 15.1 Å². The molecule has 1 N–H and O–H groups in total. The lowest BCUT2D eigenvalue weighted by atomic mass is 9.99. The summed E-state index contributed by atoms with van der Waals surface area (Å²) in [5, 5.41) is 3.45. The fraction of sp³-hybridized carbons (Fsp3) is 0.824. The van der Waals surface area contributed by atoms with Crippen molar-refractivity contribution >= 4 is 5.91 Å². The van der Waals surface area contributed by atoms with Crippen LogP contribution in [0.15, 0.2) is 11.8 Å². The summed E-state index contributed by atoms with van der Waals surface area (Å²) in [6, 6.07) is 0. The van der Waals surface area contributed by atoms with E-state index in [9.17, 15) is 4.79 Å². The fourth-order valence-electron chi connectivity index (χ4n) is 3.51. The molecule has 21 heavy (non-hydrogen) atoms. The zero-order valence-electron chi connectivity index (χ0n) is 13.7. The van der Waals surface area contributed by atoms with E-state index < -0.39 is 0 Å². The van der Waals surface area contributed by atoms with E-state index in [2.05, 4.69) is 30.3 Å². The smallest absolute Gasteiger partial charge is 0.240 e. The van der Waals surface area contributed by atoms with Crippen LogP contribution in [0.2, 0.25) is 0 Å². The molecule has 1 atom stereocenters. The van der Waals surface area contributed by atoms with Gasteiger partial charge in [0.05, 0.1) is 6.54 Å². The van der Waals surface area contributed by atoms with Crippen LogP contribution < -0.4 is 5.32 Å². The van der Waals surface area contributed by atoms with E-state index in [1.54, 1.807) is 0 Å². The number of nitrogens with one attached hydrogen (secondary N) is 1. The van der Waals surface area contributed by atoms with Crippen molar-refractivity contribution in [2.75, 3.05) is 39.8 Å². The largest absolute Gasteiger partial charge is 0.316 e. The summed E-state index contributed by atoms with van der Waals surface area (Å²) in [5.41, 5.74) is 1.25. The summed E-state index contributed by atoms with van der Waals surface area (Å²) in [5.74, 6) is 0.956. The van der Waals surface area contributed by atoms with Crippen molar-refractivity contribution in [2.24, 2.45) is 5.92 Å². The first-order chi connectivity index (χ1) is 10.2. The van der Waals surface area contributed by atoms with Gasteiger partial charge in [-0.05, 0) is 71.5 Å². The summed E-state index contributed by atoms with van der Waals surface area (Å²) >= 11 is 0. The predicted octanol–water partition coefficient (Wildman–Crippen LogP) is 2.22. The Labute approximate surface area is 129 Å². The van der Waals surface area contributed by atoms with Gasteiger partial charge in [-0.1, -0.05) is 6.08 Å². The van der Waals surface area contributed by atoms with E-state index in [4.69, 9.17) is 0 Å². The average molecular weight is 293 g/mol. The quantitative estimate of drug-likeness (QED) is 0.816. The molecule has 120 valence electrons. The molecule has 0 aromatic carbocycles. The zero-order chi connectivity index (χ0) is 15.1. The number of amides is 1. The van der Waals surface area contributed by atoms with Gasteiger partial charge in [-0.15, -0.1) is 0 Å². The number of carbonyl (C=O) groups is 1. The SMILES string of the molecule is CCN(C(=O)CN(C)CC1CCCNC1)C1=CCCCC1. The van der Waals surface area contributed by atoms with Crippen molar-refractivity contribution in [3.05, 3.63) is 11.8 Å². The fourth-order valence-corrected chi connectivity index (χ4v) is 3.51. The highest BCUT2D eigenvalue weighted by Gasteiger charge is 2.21. The van der Waals surface area contributed by atoms with Gasteiger partial charge in [0.25, 0.3) is 0 Å². The number of allylic oxidation sites excluding steroid dienone is 2. The second-order valence-electron chi connectivity index (χ2n) is 6.49. The molecule has 4 heteroatoms. The second kappa shape index (κ2) is 8.54. The van der Waals surface area contributed by atoms with Crippen LogP contribution in [0, 0.1) is 5.92 Å². The molecular formula is C17H31N3O. The first-order valence-corrected chi connectivity index (χ1v) is 8.59. The number of hydrogen-bond acceptors (Lipinski definition) is 3. The molecule has 2 rings (SSSR count). The van der Waals surface area contributed by atoms with E-state index >= 15 is 0 Å². The molecule has 0 aromatic heterocycles. The average Bonchev–Trinajstić information content (AvgIpc) is 2.50. The van der Waals surface area contributed by atoms with Gasteiger partial charge in [0.2, 0.25) is 5.91 Å². The minimum Gasteiger partial charge on any atom is -0.316 e. The Morgan fingerprint density at radius 1 is 1.38 bits per heavy atom. The van der Waals surface area contributed by atoms with Crippen molar-refractivity contribution in [1.29, 1.82) is 0 Å². The summed E-state index contributed by atoms with van der Waals surface area (Å²) in [4.78, 5) is 16.7. The monoisotopic (exact) mass is 293 g/mol.